The summed E-state index contributed by atoms with van der Waals surface area (Å²) >= 11 is 0. The number of para-hydroxylation sites is 1. The molecule has 0 heterocycles. The highest BCUT2D eigenvalue weighted by Gasteiger charge is 2.19. The lowest BCUT2D eigenvalue weighted by Gasteiger charge is -2.26. The highest BCUT2D eigenvalue weighted by molar-refractivity contribution is 5.84. The van der Waals surface area contributed by atoms with Crippen molar-refractivity contribution in [3.8, 4) is 0 Å². The van der Waals surface area contributed by atoms with Gasteiger partial charge in [-0.2, -0.15) is 0 Å². The number of rotatable bonds is 12. The molecule has 1 unspecified atom stereocenters. The third-order valence-electron chi connectivity index (χ3n) is 6.06. The zero-order valence-electron chi connectivity index (χ0n) is 20.3. The van der Waals surface area contributed by atoms with E-state index in [9.17, 15) is 22.8 Å². The zero-order valence-corrected chi connectivity index (χ0v) is 20.3. The van der Waals surface area contributed by atoms with Crippen molar-refractivity contribution in [2.24, 2.45) is 10.7 Å². The molecule has 2 aromatic rings. The first kappa shape index (κ1) is 27.2. The molecule has 0 spiro atoms. The summed E-state index contributed by atoms with van der Waals surface area (Å²) in [5, 5.41) is 5.74. The molecule has 1 fully saturated rings. The molecule has 1 aliphatic carbocycles. The molecule has 1 atom stereocenters. The predicted molar refractivity (Wildman–Crippen MR) is 133 cm³/mol. The fourth-order valence-corrected chi connectivity index (χ4v) is 3.88. The Hall–Kier alpha value is -3.40. The molecule has 0 bridgehead atoms. The summed E-state index contributed by atoms with van der Waals surface area (Å²) in [6.07, 6.45) is 4.57. The molecule has 0 radical (unpaired) electrons. The zero-order chi connectivity index (χ0) is 26.1. The minimum absolute atomic E-state index is 0.0440. The molecule has 0 aromatic heterocycles. The highest BCUT2D eigenvalue weighted by Crippen LogP contribution is 2.20. The van der Waals surface area contributed by atoms with Crippen molar-refractivity contribution in [1.82, 2.24) is 10.6 Å². The normalized spacial score (nSPS) is 14.4. The summed E-state index contributed by atoms with van der Waals surface area (Å²) in [5.41, 5.74) is 7.53. The number of hydrogen-bond donors (Lipinski definition) is 3. The van der Waals surface area contributed by atoms with Gasteiger partial charge in [0.2, 0.25) is 11.8 Å². The van der Waals surface area contributed by atoms with Gasteiger partial charge in [-0.05, 0) is 55.9 Å². The maximum absolute atomic E-state index is 13.9. The largest absolute Gasteiger partial charge is 0.352 e. The number of benzene rings is 2. The second kappa shape index (κ2) is 13.1. The SMILES string of the molecule is CCN(C=NCC(=O)NC1CCC1)c1ccccc1CNC(=O)CC(N)Cc1cc(F)c(F)cc1F. The van der Waals surface area contributed by atoms with Crippen LogP contribution in [0, 0.1) is 17.5 Å². The van der Waals surface area contributed by atoms with Gasteiger partial charge in [0.25, 0.3) is 0 Å². The third kappa shape index (κ3) is 7.81. The average Bonchev–Trinajstić information content (AvgIpc) is 2.81. The lowest BCUT2D eigenvalue weighted by Crippen LogP contribution is -2.40. The van der Waals surface area contributed by atoms with Gasteiger partial charge >= 0.3 is 0 Å². The number of carbonyl (C=O) groups excluding carboxylic acids is 2. The number of halogens is 3. The van der Waals surface area contributed by atoms with Gasteiger partial charge in [-0.1, -0.05) is 18.2 Å². The number of amides is 2. The first-order chi connectivity index (χ1) is 17.3. The van der Waals surface area contributed by atoms with Crippen LogP contribution in [-0.4, -0.2) is 43.3 Å². The van der Waals surface area contributed by atoms with E-state index < -0.39 is 23.5 Å². The summed E-state index contributed by atoms with van der Waals surface area (Å²) in [5.74, 6) is -3.80. The van der Waals surface area contributed by atoms with Crippen LogP contribution in [0.1, 0.15) is 43.7 Å². The van der Waals surface area contributed by atoms with Crippen LogP contribution >= 0.6 is 0 Å². The second-order valence-electron chi connectivity index (χ2n) is 8.87. The van der Waals surface area contributed by atoms with Gasteiger partial charge in [0.1, 0.15) is 12.4 Å². The summed E-state index contributed by atoms with van der Waals surface area (Å²) < 4.78 is 40.4. The maximum Gasteiger partial charge on any atom is 0.241 e. The van der Waals surface area contributed by atoms with E-state index in [-0.39, 0.29) is 49.4 Å². The number of nitrogens with two attached hydrogens (primary N) is 1. The number of carbonyl (C=O) groups is 2. The Bertz CT molecular complexity index is 1090. The Balaban J connectivity index is 1.53. The van der Waals surface area contributed by atoms with Gasteiger partial charge in [0, 0.05) is 43.3 Å². The number of anilines is 1. The summed E-state index contributed by atoms with van der Waals surface area (Å²) in [4.78, 5) is 30.6. The first-order valence-electron chi connectivity index (χ1n) is 12.1. The van der Waals surface area contributed by atoms with Crippen molar-refractivity contribution < 1.29 is 22.8 Å². The molecule has 194 valence electrons. The number of aliphatic imine (C=N–C) groups is 1. The summed E-state index contributed by atoms with van der Waals surface area (Å²) in [7, 11) is 0. The van der Waals surface area contributed by atoms with Crippen LogP contribution in [-0.2, 0) is 22.6 Å². The van der Waals surface area contributed by atoms with Crippen molar-refractivity contribution in [2.45, 2.75) is 57.7 Å². The van der Waals surface area contributed by atoms with Crippen LogP contribution in [0.4, 0.5) is 18.9 Å². The van der Waals surface area contributed by atoms with E-state index in [2.05, 4.69) is 15.6 Å². The lowest BCUT2D eigenvalue weighted by molar-refractivity contribution is -0.122. The van der Waals surface area contributed by atoms with Crippen molar-refractivity contribution in [3.05, 3.63) is 65.0 Å². The van der Waals surface area contributed by atoms with E-state index in [0.29, 0.717) is 12.6 Å². The molecule has 2 amide bonds. The topological polar surface area (TPSA) is 99.8 Å². The van der Waals surface area contributed by atoms with Crippen molar-refractivity contribution in [3.63, 3.8) is 0 Å². The second-order valence-corrected chi connectivity index (χ2v) is 8.87. The Morgan fingerprint density at radius 3 is 2.53 bits per heavy atom. The fraction of sp³-hybridized carbons (Fsp3) is 0.423. The number of hydrogen-bond acceptors (Lipinski definition) is 4. The van der Waals surface area contributed by atoms with Gasteiger partial charge in [0.15, 0.2) is 11.6 Å². The Kier molecular flexibility index (Phi) is 9.86. The van der Waals surface area contributed by atoms with E-state index in [4.69, 9.17) is 5.73 Å². The molecule has 0 aliphatic heterocycles. The standard InChI is InChI=1S/C26H32F3N5O2/c1-2-34(16-31-15-26(36)33-20-7-5-8-20)24-9-4-3-6-17(24)14-32-25(35)12-19(30)10-18-11-22(28)23(29)13-21(18)27/h3-4,6,9,11,13,16,19-20H,2,5,7-8,10,12,14-15,30H2,1H3,(H,32,35)(H,33,36). The third-order valence-corrected chi connectivity index (χ3v) is 6.06. The molecule has 1 saturated carbocycles. The van der Waals surface area contributed by atoms with Gasteiger partial charge in [-0.15, -0.1) is 0 Å². The van der Waals surface area contributed by atoms with Crippen LogP contribution in [0.25, 0.3) is 0 Å². The molecule has 7 nitrogen and oxygen atoms in total. The number of nitrogens with one attached hydrogen (secondary N) is 2. The van der Waals surface area contributed by atoms with Gasteiger partial charge < -0.3 is 21.3 Å². The van der Waals surface area contributed by atoms with Crippen molar-refractivity contribution in [2.75, 3.05) is 18.0 Å². The molecule has 3 rings (SSSR count). The van der Waals surface area contributed by atoms with Gasteiger partial charge in [0.05, 0.1) is 6.34 Å². The Labute approximate surface area is 209 Å². The molecule has 36 heavy (non-hydrogen) atoms. The molecule has 10 heteroatoms. The monoisotopic (exact) mass is 503 g/mol. The van der Waals surface area contributed by atoms with Crippen LogP contribution in [0.3, 0.4) is 0 Å². The first-order valence-corrected chi connectivity index (χ1v) is 12.1. The Morgan fingerprint density at radius 2 is 1.83 bits per heavy atom. The Morgan fingerprint density at radius 1 is 1.11 bits per heavy atom. The number of nitrogens with zero attached hydrogens (tertiary/aromatic N) is 2. The summed E-state index contributed by atoms with van der Waals surface area (Å²) in [6, 6.07) is 8.20. The van der Waals surface area contributed by atoms with Crippen LogP contribution in [0.5, 0.6) is 0 Å². The van der Waals surface area contributed by atoms with E-state index in [1.807, 2.05) is 36.1 Å². The average molecular weight is 504 g/mol. The molecular formula is C26H32F3N5O2. The van der Waals surface area contributed by atoms with Crippen LogP contribution < -0.4 is 21.3 Å². The minimum Gasteiger partial charge on any atom is -0.352 e. The van der Waals surface area contributed by atoms with Gasteiger partial charge in [-0.3, -0.25) is 14.6 Å². The minimum atomic E-state index is -1.27. The van der Waals surface area contributed by atoms with Gasteiger partial charge in [-0.25, -0.2) is 13.2 Å². The molecule has 2 aromatic carbocycles. The van der Waals surface area contributed by atoms with E-state index in [0.717, 1.165) is 36.6 Å². The lowest BCUT2D eigenvalue weighted by atomic mass is 9.93. The molecule has 4 N–H and O–H groups in total. The maximum atomic E-state index is 13.9. The fourth-order valence-electron chi connectivity index (χ4n) is 3.88. The molecule has 0 saturated heterocycles. The van der Waals surface area contributed by atoms with E-state index in [1.165, 1.54) is 0 Å². The van der Waals surface area contributed by atoms with Crippen LogP contribution in [0.2, 0.25) is 0 Å². The summed E-state index contributed by atoms with van der Waals surface area (Å²) in [6.45, 7) is 2.81. The molecular weight excluding hydrogens is 471 g/mol. The smallest absolute Gasteiger partial charge is 0.241 e. The van der Waals surface area contributed by atoms with E-state index >= 15 is 0 Å². The highest BCUT2D eigenvalue weighted by atomic mass is 19.2. The quantitative estimate of drug-likeness (QED) is 0.235. The predicted octanol–water partition coefficient (Wildman–Crippen LogP) is 3.20. The van der Waals surface area contributed by atoms with Crippen molar-refractivity contribution >= 4 is 23.8 Å². The van der Waals surface area contributed by atoms with Crippen LogP contribution in [0.15, 0.2) is 41.4 Å². The van der Waals surface area contributed by atoms with E-state index in [1.54, 1.807) is 6.34 Å². The molecule has 1 aliphatic rings. The van der Waals surface area contributed by atoms with Crippen molar-refractivity contribution in [1.29, 1.82) is 0 Å².